The van der Waals surface area contributed by atoms with E-state index in [4.69, 9.17) is 0 Å². The molecule has 1 atom stereocenters. The maximum atomic E-state index is 13.2. The summed E-state index contributed by atoms with van der Waals surface area (Å²) in [6.45, 7) is 3.96. The van der Waals surface area contributed by atoms with Crippen molar-refractivity contribution < 1.29 is 4.39 Å². The van der Waals surface area contributed by atoms with E-state index in [1.54, 1.807) is 6.07 Å². The fourth-order valence-corrected chi connectivity index (χ4v) is 1.84. The predicted molar refractivity (Wildman–Crippen MR) is 52.5 cm³/mol. The minimum Gasteiger partial charge on any atom is -0.382 e. The largest absolute Gasteiger partial charge is 0.382 e. The van der Waals surface area contributed by atoms with Crippen LogP contribution in [0.15, 0.2) is 12.1 Å². The Morgan fingerprint density at radius 3 is 3.00 bits per heavy atom. The van der Waals surface area contributed by atoms with Crippen LogP contribution in [0.1, 0.15) is 24.5 Å². The van der Waals surface area contributed by atoms with Crippen LogP contribution in [0, 0.1) is 12.7 Å². The summed E-state index contributed by atoms with van der Waals surface area (Å²) in [5.41, 5.74) is 3.01. The molecule has 70 valence electrons. The molecule has 1 aliphatic rings. The fourth-order valence-electron chi connectivity index (χ4n) is 1.84. The number of anilines is 1. The zero-order chi connectivity index (χ0) is 9.42. The molecule has 1 aliphatic heterocycles. The van der Waals surface area contributed by atoms with Crippen molar-refractivity contribution in [1.82, 2.24) is 0 Å². The average molecular weight is 179 g/mol. The molecule has 0 fully saturated rings. The van der Waals surface area contributed by atoms with Gasteiger partial charge in [0.05, 0.1) is 0 Å². The maximum Gasteiger partial charge on any atom is 0.128 e. The van der Waals surface area contributed by atoms with Crippen LogP contribution in [-0.2, 0) is 6.42 Å². The lowest BCUT2D eigenvalue weighted by molar-refractivity contribution is 0.611. The molecular formula is C11H14FN. The van der Waals surface area contributed by atoms with Crippen molar-refractivity contribution in [2.75, 3.05) is 5.32 Å². The Labute approximate surface area is 78.0 Å². The standard InChI is InChI=1S/C11H14FN/c1-7-3-4-9-5-6-10(12)8(2)11(9)13-7/h5-7,13H,3-4H2,1-2H3. The summed E-state index contributed by atoms with van der Waals surface area (Å²) in [5.74, 6) is -0.111. The van der Waals surface area contributed by atoms with Gasteiger partial charge in [0.15, 0.2) is 0 Å². The molecule has 0 saturated carbocycles. The number of hydrogen-bond donors (Lipinski definition) is 1. The van der Waals surface area contributed by atoms with Crippen LogP contribution in [0.25, 0.3) is 0 Å². The van der Waals surface area contributed by atoms with Crippen molar-refractivity contribution in [2.45, 2.75) is 32.7 Å². The lowest BCUT2D eigenvalue weighted by Gasteiger charge is -2.25. The highest BCUT2D eigenvalue weighted by atomic mass is 19.1. The SMILES string of the molecule is Cc1c(F)ccc2c1NC(C)CC2. The van der Waals surface area contributed by atoms with Gasteiger partial charge in [0.2, 0.25) is 0 Å². The summed E-state index contributed by atoms with van der Waals surface area (Å²) in [4.78, 5) is 0. The molecule has 0 saturated heterocycles. The third-order valence-electron chi connectivity index (χ3n) is 2.72. The number of halogens is 1. The Balaban J connectivity index is 2.48. The van der Waals surface area contributed by atoms with Crippen molar-refractivity contribution in [3.63, 3.8) is 0 Å². The van der Waals surface area contributed by atoms with Gasteiger partial charge in [-0.3, -0.25) is 0 Å². The van der Waals surface area contributed by atoms with Crippen molar-refractivity contribution in [3.8, 4) is 0 Å². The van der Waals surface area contributed by atoms with Crippen molar-refractivity contribution in [3.05, 3.63) is 29.1 Å². The van der Waals surface area contributed by atoms with Crippen LogP contribution >= 0.6 is 0 Å². The molecule has 0 bridgehead atoms. The number of hydrogen-bond acceptors (Lipinski definition) is 1. The fraction of sp³-hybridized carbons (Fsp3) is 0.455. The molecule has 1 heterocycles. The average Bonchev–Trinajstić information content (AvgIpc) is 2.12. The molecule has 0 amide bonds. The van der Waals surface area contributed by atoms with Crippen LogP contribution in [0.2, 0.25) is 0 Å². The molecule has 1 aromatic rings. The van der Waals surface area contributed by atoms with Crippen LogP contribution < -0.4 is 5.32 Å². The van der Waals surface area contributed by atoms with Crippen LogP contribution in [0.4, 0.5) is 10.1 Å². The Hall–Kier alpha value is -1.05. The van der Waals surface area contributed by atoms with Gasteiger partial charge in [-0.15, -0.1) is 0 Å². The van der Waals surface area contributed by atoms with Gasteiger partial charge < -0.3 is 5.32 Å². The van der Waals surface area contributed by atoms with E-state index in [1.807, 2.05) is 13.0 Å². The summed E-state index contributed by atoms with van der Waals surface area (Å²) < 4.78 is 13.2. The van der Waals surface area contributed by atoms with E-state index in [-0.39, 0.29) is 5.82 Å². The molecule has 1 aromatic carbocycles. The van der Waals surface area contributed by atoms with E-state index >= 15 is 0 Å². The lowest BCUT2D eigenvalue weighted by Crippen LogP contribution is -2.23. The van der Waals surface area contributed by atoms with Gasteiger partial charge in [-0.05, 0) is 38.3 Å². The van der Waals surface area contributed by atoms with E-state index in [1.165, 1.54) is 5.56 Å². The third-order valence-corrected chi connectivity index (χ3v) is 2.72. The summed E-state index contributed by atoms with van der Waals surface area (Å²) in [6.07, 6.45) is 2.20. The maximum absolute atomic E-state index is 13.2. The molecule has 2 heteroatoms. The summed E-state index contributed by atoms with van der Waals surface area (Å²) >= 11 is 0. The minimum atomic E-state index is -0.111. The topological polar surface area (TPSA) is 12.0 Å². The zero-order valence-corrected chi connectivity index (χ0v) is 8.02. The molecule has 0 spiro atoms. The van der Waals surface area contributed by atoms with Gasteiger partial charge in [-0.2, -0.15) is 0 Å². The summed E-state index contributed by atoms with van der Waals surface area (Å²) in [5, 5.41) is 3.33. The monoisotopic (exact) mass is 179 g/mol. The number of rotatable bonds is 0. The lowest BCUT2D eigenvalue weighted by atomic mass is 9.96. The number of nitrogens with one attached hydrogen (secondary N) is 1. The second kappa shape index (κ2) is 3.02. The van der Waals surface area contributed by atoms with Gasteiger partial charge in [-0.25, -0.2) is 4.39 Å². The highest BCUT2D eigenvalue weighted by molar-refractivity contribution is 5.59. The molecular weight excluding hydrogens is 165 g/mol. The van der Waals surface area contributed by atoms with E-state index in [2.05, 4.69) is 12.2 Å². The summed E-state index contributed by atoms with van der Waals surface area (Å²) in [6, 6.07) is 3.91. The number of benzene rings is 1. The highest BCUT2D eigenvalue weighted by Crippen LogP contribution is 2.29. The molecule has 0 aliphatic carbocycles. The van der Waals surface area contributed by atoms with Gasteiger partial charge >= 0.3 is 0 Å². The first-order valence-corrected chi connectivity index (χ1v) is 4.73. The van der Waals surface area contributed by atoms with Crippen molar-refractivity contribution in [2.24, 2.45) is 0 Å². The second-order valence-electron chi connectivity index (χ2n) is 3.79. The van der Waals surface area contributed by atoms with E-state index in [0.717, 1.165) is 24.1 Å². The quantitative estimate of drug-likeness (QED) is 0.645. The Bertz CT molecular complexity index is 333. The predicted octanol–water partition coefficient (Wildman–Crippen LogP) is 2.88. The smallest absolute Gasteiger partial charge is 0.128 e. The van der Waals surface area contributed by atoms with Crippen LogP contribution in [0.3, 0.4) is 0 Å². The molecule has 1 unspecified atom stereocenters. The van der Waals surface area contributed by atoms with Gasteiger partial charge in [-0.1, -0.05) is 6.07 Å². The van der Waals surface area contributed by atoms with Gasteiger partial charge in [0.1, 0.15) is 5.82 Å². The first-order valence-electron chi connectivity index (χ1n) is 4.73. The first-order chi connectivity index (χ1) is 6.18. The van der Waals surface area contributed by atoms with E-state index in [9.17, 15) is 4.39 Å². The Morgan fingerprint density at radius 1 is 1.46 bits per heavy atom. The Kier molecular flexibility index (Phi) is 1.98. The Morgan fingerprint density at radius 2 is 2.23 bits per heavy atom. The van der Waals surface area contributed by atoms with Crippen LogP contribution in [-0.4, -0.2) is 6.04 Å². The minimum absolute atomic E-state index is 0.111. The van der Waals surface area contributed by atoms with Crippen molar-refractivity contribution in [1.29, 1.82) is 0 Å². The molecule has 2 rings (SSSR count). The van der Waals surface area contributed by atoms with E-state index in [0.29, 0.717) is 6.04 Å². The van der Waals surface area contributed by atoms with Gasteiger partial charge in [0.25, 0.3) is 0 Å². The summed E-state index contributed by atoms with van der Waals surface area (Å²) in [7, 11) is 0. The molecule has 0 radical (unpaired) electrons. The third kappa shape index (κ3) is 1.41. The molecule has 1 N–H and O–H groups in total. The highest BCUT2D eigenvalue weighted by Gasteiger charge is 2.17. The number of aryl methyl sites for hydroxylation is 1. The molecule has 1 nitrogen and oxygen atoms in total. The molecule has 13 heavy (non-hydrogen) atoms. The molecule has 0 aromatic heterocycles. The normalized spacial score (nSPS) is 20.7. The second-order valence-corrected chi connectivity index (χ2v) is 3.79. The van der Waals surface area contributed by atoms with Gasteiger partial charge in [0, 0.05) is 17.3 Å². The first kappa shape index (κ1) is 8.54. The van der Waals surface area contributed by atoms with Crippen LogP contribution in [0.5, 0.6) is 0 Å². The number of fused-ring (bicyclic) bond motifs is 1. The zero-order valence-electron chi connectivity index (χ0n) is 8.02. The van der Waals surface area contributed by atoms with Crippen molar-refractivity contribution >= 4 is 5.69 Å². The van der Waals surface area contributed by atoms with E-state index < -0.39 is 0 Å².